The van der Waals surface area contributed by atoms with E-state index in [1.54, 1.807) is 42.1 Å². The van der Waals surface area contributed by atoms with Gasteiger partial charge < -0.3 is 14.2 Å². The highest BCUT2D eigenvalue weighted by Gasteiger charge is 2.36. The van der Waals surface area contributed by atoms with Gasteiger partial charge in [-0.05, 0) is 65.5 Å². The lowest BCUT2D eigenvalue weighted by atomic mass is 10.0. The Kier molecular flexibility index (Phi) is 9.13. The third-order valence-electron chi connectivity index (χ3n) is 6.64. The quantitative estimate of drug-likeness (QED) is 0.368. The number of rotatable bonds is 11. The van der Waals surface area contributed by atoms with E-state index in [1.165, 1.54) is 7.11 Å². The van der Waals surface area contributed by atoms with Crippen LogP contribution in [0.5, 0.6) is 5.88 Å². The number of nitrogens with one attached hydrogen (secondary N) is 1. The fourth-order valence-corrected chi connectivity index (χ4v) is 5.58. The van der Waals surface area contributed by atoms with Gasteiger partial charge in [0, 0.05) is 25.1 Å². The van der Waals surface area contributed by atoms with E-state index in [-0.39, 0.29) is 24.2 Å². The maximum atomic E-state index is 13.8. The largest absolute Gasteiger partial charge is 0.481 e. The summed E-state index contributed by atoms with van der Waals surface area (Å²) in [7, 11) is -2.52. The predicted molar refractivity (Wildman–Crippen MR) is 146 cm³/mol. The summed E-state index contributed by atoms with van der Waals surface area (Å²) in [6.07, 6.45) is 4.83. The van der Waals surface area contributed by atoms with Crippen molar-refractivity contribution in [2.24, 2.45) is 0 Å². The molecular formula is C26H37N7O5S. The van der Waals surface area contributed by atoms with Gasteiger partial charge in [0.25, 0.3) is 0 Å². The van der Waals surface area contributed by atoms with E-state index in [2.05, 4.69) is 29.9 Å². The van der Waals surface area contributed by atoms with Gasteiger partial charge in [0.15, 0.2) is 11.6 Å². The first-order valence-corrected chi connectivity index (χ1v) is 14.7. The van der Waals surface area contributed by atoms with Crippen molar-refractivity contribution in [2.75, 3.05) is 18.4 Å². The normalized spacial score (nSPS) is 18.5. The summed E-state index contributed by atoms with van der Waals surface area (Å²) >= 11 is 0. The smallest absolute Gasteiger partial charge is 0.240 e. The standard InChI is InChI=1S/C26H37N7O5S/c1-16(2)38-23(24-27-14-17(3)15-28-24)19(5)39(34,35)32-26-31-30-25(20-10-9-12-22(29-20)36-6)33(26)18(4)21-11-7-8-13-37-21/h9-10,12,14-16,18-19,21,23H,7-8,11,13H2,1-6H3,(H,31,32)/t18?,19?,21-,23?/m0/s1. The second-order valence-corrected chi connectivity index (χ2v) is 12.0. The van der Waals surface area contributed by atoms with Crippen LogP contribution < -0.4 is 9.46 Å². The number of ether oxygens (including phenoxy) is 3. The van der Waals surface area contributed by atoms with Crippen molar-refractivity contribution in [3.8, 4) is 17.4 Å². The van der Waals surface area contributed by atoms with Crippen LogP contribution in [0.3, 0.4) is 0 Å². The minimum absolute atomic E-state index is 0.0660. The fraction of sp³-hybridized carbons (Fsp3) is 0.577. The molecule has 212 valence electrons. The Bertz CT molecular complexity index is 1340. The third-order valence-corrected chi connectivity index (χ3v) is 8.33. The topological polar surface area (TPSA) is 143 Å². The van der Waals surface area contributed by atoms with Crippen LogP contribution in [-0.4, -0.2) is 69.3 Å². The predicted octanol–water partition coefficient (Wildman–Crippen LogP) is 3.87. The van der Waals surface area contributed by atoms with Crippen LogP contribution in [0.4, 0.5) is 5.95 Å². The number of nitrogens with zero attached hydrogens (tertiary/aromatic N) is 6. The van der Waals surface area contributed by atoms with Crippen molar-refractivity contribution in [3.05, 3.63) is 42.0 Å². The monoisotopic (exact) mass is 559 g/mol. The minimum atomic E-state index is -4.05. The zero-order chi connectivity index (χ0) is 28.2. The molecule has 4 heterocycles. The molecule has 0 aliphatic carbocycles. The molecular weight excluding hydrogens is 522 g/mol. The van der Waals surface area contributed by atoms with Gasteiger partial charge in [0.05, 0.1) is 25.4 Å². The summed E-state index contributed by atoms with van der Waals surface area (Å²) in [6.45, 7) is 9.72. The molecule has 13 heteroatoms. The van der Waals surface area contributed by atoms with Crippen molar-refractivity contribution < 1.29 is 22.6 Å². The van der Waals surface area contributed by atoms with Crippen LogP contribution in [0.15, 0.2) is 30.6 Å². The lowest BCUT2D eigenvalue weighted by molar-refractivity contribution is -0.0116. The summed E-state index contributed by atoms with van der Waals surface area (Å²) in [5, 5.41) is 7.54. The molecule has 0 bridgehead atoms. The second kappa shape index (κ2) is 12.3. The van der Waals surface area contributed by atoms with E-state index in [1.807, 2.05) is 27.7 Å². The third kappa shape index (κ3) is 6.71. The Morgan fingerprint density at radius 3 is 2.49 bits per heavy atom. The average Bonchev–Trinajstić information content (AvgIpc) is 3.34. The van der Waals surface area contributed by atoms with Gasteiger partial charge in [-0.25, -0.2) is 23.4 Å². The van der Waals surface area contributed by atoms with Crippen LogP contribution in [0, 0.1) is 6.92 Å². The Morgan fingerprint density at radius 2 is 1.85 bits per heavy atom. The molecule has 1 aliphatic heterocycles. The van der Waals surface area contributed by atoms with Crippen molar-refractivity contribution in [2.45, 2.75) is 83.5 Å². The zero-order valence-electron chi connectivity index (χ0n) is 23.2. The molecule has 4 rings (SSSR count). The molecule has 4 atom stereocenters. The molecule has 1 N–H and O–H groups in total. The van der Waals surface area contributed by atoms with E-state index < -0.39 is 21.4 Å². The molecule has 0 aromatic carbocycles. The fourth-order valence-electron chi connectivity index (χ4n) is 4.49. The summed E-state index contributed by atoms with van der Waals surface area (Å²) in [4.78, 5) is 13.2. The number of hydrogen-bond acceptors (Lipinski definition) is 10. The summed E-state index contributed by atoms with van der Waals surface area (Å²) in [5.41, 5.74) is 1.36. The molecule has 1 saturated heterocycles. The summed E-state index contributed by atoms with van der Waals surface area (Å²) < 4.78 is 49.3. The highest BCUT2D eigenvalue weighted by molar-refractivity contribution is 7.93. The zero-order valence-corrected chi connectivity index (χ0v) is 24.1. The summed E-state index contributed by atoms with van der Waals surface area (Å²) in [6, 6.07) is 5.02. The van der Waals surface area contributed by atoms with Crippen molar-refractivity contribution in [1.29, 1.82) is 0 Å². The number of methoxy groups -OCH3 is 1. The molecule has 3 aromatic heterocycles. The molecule has 0 amide bonds. The number of anilines is 1. The van der Waals surface area contributed by atoms with Gasteiger partial charge in [0.1, 0.15) is 17.0 Å². The highest BCUT2D eigenvalue weighted by Crippen LogP contribution is 2.33. The van der Waals surface area contributed by atoms with Crippen LogP contribution >= 0.6 is 0 Å². The lowest BCUT2D eigenvalue weighted by Gasteiger charge is -2.30. The molecule has 0 radical (unpaired) electrons. The van der Waals surface area contributed by atoms with Gasteiger partial charge in [-0.3, -0.25) is 9.29 Å². The second-order valence-electron chi connectivity index (χ2n) is 10.0. The minimum Gasteiger partial charge on any atom is -0.481 e. The Labute approximate surface area is 229 Å². The Hall–Kier alpha value is -3.16. The first-order valence-electron chi connectivity index (χ1n) is 13.1. The van der Waals surface area contributed by atoms with E-state index in [0.29, 0.717) is 29.8 Å². The van der Waals surface area contributed by atoms with E-state index in [9.17, 15) is 8.42 Å². The number of aromatic nitrogens is 6. The van der Waals surface area contributed by atoms with E-state index >= 15 is 0 Å². The van der Waals surface area contributed by atoms with Gasteiger partial charge in [-0.1, -0.05) is 6.07 Å². The van der Waals surface area contributed by atoms with Crippen LogP contribution in [0.1, 0.15) is 70.5 Å². The van der Waals surface area contributed by atoms with Crippen LogP contribution in [0.2, 0.25) is 0 Å². The van der Waals surface area contributed by atoms with Crippen molar-refractivity contribution in [3.63, 3.8) is 0 Å². The molecule has 3 aromatic rings. The first kappa shape index (κ1) is 28.8. The van der Waals surface area contributed by atoms with Crippen molar-refractivity contribution >= 4 is 16.0 Å². The molecule has 0 saturated carbocycles. The molecule has 1 aliphatic rings. The Morgan fingerprint density at radius 1 is 1.10 bits per heavy atom. The molecule has 12 nitrogen and oxygen atoms in total. The Balaban J connectivity index is 1.72. The molecule has 3 unspecified atom stereocenters. The van der Waals surface area contributed by atoms with Gasteiger partial charge in [-0.2, -0.15) is 0 Å². The number of pyridine rings is 1. The molecule has 1 fully saturated rings. The average molecular weight is 560 g/mol. The van der Waals surface area contributed by atoms with Crippen molar-refractivity contribution in [1.82, 2.24) is 29.7 Å². The number of hydrogen-bond donors (Lipinski definition) is 1. The number of sulfonamides is 1. The van der Waals surface area contributed by atoms with Gasteiger partial charge in [0.2, 0.25) is 21.9 Å². The van der Waals surface area contributed by atoms with Gasteiger partial charge >= 0.3 is 0 Å². The SMILES string of the molecule is COc1cccc(-c2nnc(NS(=O)(=O)C(C)C(OC(C)C)c3ncc(C)cn3)n2C(C)[C@@H]2CCCCO2)n1. The lowest BCUT2D eigenvalue weighted by Crippen LogP contribution is -2.36. The van der Waals surface area contributed by atoms with Crippen LogP contribution in [0.25, 0.3) is 11.5 Å². The summed E-state index contributed by atoms with van der Waals surface area (Å²) in [5.74, 6) is 1.17. The molecule has 0 spiro atoms. The first-order chi connectivity index (χ1) is 18.6. The maximum absolute atomic E-state index is 13.8. The number of aryl methyl sites for hydroxylation is 1. The van der Waals surface area contributed by atoms with Gasteiger partial charge in [-0.15, -0.1) is 10.2 Å². The molecule has 39 heavy (non-hydrogen) atoms. The highest BCUT2D eigenvalue weighted by atomic mass is 32.2. The van der Waals surface area contributed by atoms with Crippen LogP contribution in [-0.2, 0) is 19.5 Å². The van der Waals surface area contributed by atoms with E-state index in [0.717, 1.165) is 24.8 Å². The van der Waals surface area contributed by atoms with E-state index in [4.69, 9.17) is 14.2 Å². The maximum Gasteiger partial charge on any atom is 0.240 e.